The summed E-state index contributed by atoms with van der Waals surface area (Å²) in [6, 6.07) is 15.7. The molecule has 1 aromatic heterocycles. The minimum Gasteiger partial charge on any atom is -0.457 e. The van der Waals surface area contributed by atoms with Crippen LogP contribution in [-0.2, 0) is 4.74 Å². The lowest BCUT2D eigenvalue weighted by molar-refractivity contribution is 0.0544. The first-order valence-corrected chi connectivity index (χ1v) is 8.20. The first-order chi connectivity index (χ1) is 11.7. The predicted molar refractivity (Wildman–Crippen MR) is 93.3 cm³/mol. The number of ether oxygens (including phenoxy) is 1. The quantitative estimate of drug-likeness (QED) is 0.626. The molecule has 0 fully saturated rings. The van der Waals surface area contributed by atoms with Crippen molar-refractivity contribution in [2.24, 2.45) is 0 Å². The summed E-state index contributed by atoms with van der Waals surface area (Å²) in [6.45, 7) is 0.178. The van der Waals surface area contributed by atoms with E-state index in [1.807, 2.05) is 36.4 Å². The number of esters is 1. The fourth-order valence-corrected chi connectivity index (χ4v) is 2.83. The normalized spacial score (nSPS) is 10.9. The lowest BCUT2D eigenvalue weighted by Gasteiger charge is -1.99. The van der Waals surface area contributed by atoms with Gasteiger partial charge in [-0.1, -0.05) is 36.4 Å². The Balaban J connectivity index is 1.58. The fourth-order valence-electron chi connectivity index (χ4n) is 2.04. The van der Waals surface area contributed by atoms with Gasteiger partial charge in [0.2, 0.25) is 0 Å². The van der Waals surface area contributed by atoms with Gasteiger partial charge in [0, 0.05) is 10.9 Å². The molecule has 0 N–H and O–H groups in total. The topological polar surface area (TPSA) is 39.2 Å². The van der Waals surface area contributed by atoms with Gasteiger partial charge in [-0.2, -0.15) is 0 Å². The maximum absolute atomic E-state index is 12.9. The first-order valence-electron chi connectivity index (χ1n) is 7.32. The van der Waals surface area contributed by atoms with Crippen LogP contribution < -0.4 is 0 Å². The van der Waals surface area contributed by atoms with Crippen LogP contribution in [0.3, 0.4) is 0 Å². The van der Waals surface area contributed by atoms with Crippen LogP contribution in [0.25, 0.3) is 16.6 Å². The van der Waals surface area contributed by atoms with Crippen molar-refractivity contribution in [2.75, 3.05) is 6.61 Å². The van der Waals surface area contributed by atoms with Crippen molar-refractivity contribution in [1.29, 1.82) is 0 Å². The van der Waals surface area contributed by atoms with E-state index in [1.165, 1.54) is 23.5 Å². The molecule has 0 aliphatic heterocycles. The second-order valence-corrected chi connectivity index (χ2v) is 5.81. The molecule has 24 heavy (non-hydrogen) atoms. The van der Waals surface area contributed by atoms with Crippen molar-refractivity contribution in [1.82, 2.24) is 4.98 Å². The molecule has 3 aromatic rings. The smallest absolute Gasteiger partial charge is 0.358 e. The van der Waals surface area contributed by atoms with Gasteiger partial charge in [0.05, 0.1) is 0 Å². The summed E-state index contributed by atoms with van der Waals surface area (Å²) in [6.07, 6.45) is 3.67. The number of benzene rings is 2. The molecular weight excluding hydrogens is 325 g/mol. The van der Waals surface area contributed by atoms with Crippen LogP contribution in [0.4, 0.5) is 4.39 Å². The molecule has 0 bridgehead atoms. The fraction of sp³-hybridized carbons (Fsp3) is 0.0526. The number of halogens is 1. The minimum absolute atomic E-state index is 0.178. The van der Waals surface area contributed by atoms with Crippen LogP contribution in [0.2, 0.25) is 0 Å². The van der Waals surface area contributed by atoms with Crippen LogP contribution in [0, 0.1) is 5.82 Å². The Bertz CT molecular complexity index is 841. The van der Waals surface area contributed by atoms with Gasteiger partial charge in [0.25, 0.3) is 0 Å². The van der Waals surface area contributed by atoms with Gasteiger partial charge < -0.3 is 4.74 Å². The number of aromatic nitrogens is 1. The number of carbonyl (C=O) groups is 1. The van der Waals surface area contributed by atoms with Gasteiger partial charge in [-0.05, 0) is 35.9 Å². The van der Waals surface area contributed by atoms with Gasteiger partial charge in [0.1, 0.15) is 17.4 Å². The third-order valence-corrected chi connectivity index (χ3v) is 4.12. The molecule has 0 unspecified atom stereocenters. The molecular formula is C19H14FNO2S. The second kappa shape index (κ2) is 7.66. The predicted octanol–water partition coefficient (Wildman–Crippen LogP) is 4.82. The van der Waals surface area contributed by atoms with Gasteiger partial charge in [-0.15, -0.1) is 11.3 Å². The van der Waals surface area contributed by atoms with Crippen LogP contribution in [-0.4, -0.2) is 17.6 Å². The molecule has 3 rings (SSSR count). The molecule has 0 saturated heterocycles. The van der Waals surface area contributed by atoms with Crippen molar-refractivity contribution in [2.45, 2.75) is 0 Å². The zero-order valence-electron chi connectivity index (χ0n) is 12.7. The van der Waals surface area contributed by atoms with E-state index in [0.29, 0.717) is 5.01 Å². The molecule has 0 spiro atoms. The highest BCUT2D eigenvalue weighted by molar-refractivity contribution is 7.13. The van der Waals surface area contributed by atoms with Gasteiger partial charge >= 0.3 is 5.97 Å². The summed E-state index contributed by atoms with van der Waals surface area (Å²) >= 11 is 1.32. The van der Waals surface area contributed by atoms with Crippen molar-refractivity contribution in [3.63, 3.8) is 0 Å². The standard InChI is InChI=1S/C19H14FNO2S/c20-16-10-8-15(9-11-16)18-21-17(13-24-18)19(22)23-12-4-7-14-5-2-1-3-6-14/h1-11,13H,12H2/b7-4+. The number of thiazole rings is 1. The molecule has 0 atom stereocenters. The molecule has 3 nitrogen and oxygen atoms in total. The highest BCUT2D eigenvalue weighted by Gasteiger charge is 2.12. The number of nitrogens with zero attached hydrogens (tertiary/aromatic N) is 1. The highest BCUT2D eigenvalue weighted by atomic mass is 32.1. The van der Waals surface area contributed by atoms with Crippen molar-refractivity contribution >= 4 is 23.4 Å². The minimum atomic E-state index is -0.475. The van der Waals surface area contributed by atoms with Crippen LogP contribution in [0.5, 0.6) is 0 Å². The molecule has 0 amide bonds. The van der Waals surface area contributed by atoms with Crippen LogP contribution >= 0.6 is 11.3 Å². The monoisotopic (exact) mass is 339 g/mol. The Hall–Kier alpha value is -2.79. The molecule has 5 heteroatoms. The van der Waals surface area contributed by atoms with E-state index in [9.17, 15) is 9.18 Å². The van der Waals surface area contributed by atoms with Gasteiger partial charge in [0.15, 0.2) is 5.69 Å². The van der Waals surface area contributed by atoms with E-state index in [-0.39, 0.29) is 18.1 Å². The Morgan fingerprint density at radius 3 is 2.62 bits per heavy atom. The Labute approximate surface area is 143 Å². The molecule has 0 aliphatic rings. The van der Waals surface area contributed by atoms with E-state index in [0.717, 1.165) is 11.1 Å². The molecule has 0 saturated carbocycles. The number of hydrogen-bond donors (Lipinski definition) is 0. The summed E-state index contributed by atoms with van der Waals surface area (Å²) in [4.78, 5) is 16.2. The summed E-state index contributed by atoms with van der Waals surface area (Å²) in [5.41, 5.74) is 2.07. The van der Waals surface area contributed by atoms with E-state index in [1.54, 1.807) is 23.6 Å². The zero-order chi connectivity index (χ0) is 16.8. The highest BCUT2D eigenvalue weighted by Crippen LogP contribution is 2.24. The van der Waals surface area contributed by atoms with Crippen molar-refractivity contribution in [3.05, 3.63) is 83.1 Å². The molecule has 120 valence electrons. The van der Waals surface area contributed by atoms with Crippen LogP contribution in [0.15, 0.2) is 66.1 Å². The van der Waals surface area contributed by atoms with Gasteiger partial charge in [-0.25, -0.2) is 14.2 Å². The van der Waals surface area contributed by atoms with Crippen LogP contribution in [0.1, 0.15) is 16.1 Å². The van der Waals surface area contributed by atoms with Crippen molar-refractivity contribution < 1.29 is 13.9 Å². The van der Waals surface area contributed by atoms with E-state index >= 15 is 0 Å². The number of hydrogen-bond acceptors (Lipinski definition) is 4. The average molecular weight is 339 g/mol. The summed E-state index contributed by atoms with van der Waals surface area (Å²) in [5, 5.41) is 2.30. The average Bonchev–Trinajstić information content (AvgIpc) is 3.10. The SMILES string of the molecule is O=C(OC/C=C/c1ccccc1)c1csc(-c2ccc(F)cc2)n1. The lowest BCUT2D eigenvalue weighted by atomic mass is 10.2. The largest absolute Gasteiger partial charge is 0.457 e. The Kier molecular flexibility index (Phi) is 5.13. The first kappa shape index (κ1) is 16.1. The summed E-state index contributed by atoms with van der Waals surface area (Å²) in [7, 11) is 0. The third-order valence-electron chi connectivity index (χ3n) is 3.23. The summed E-state index contributed by atoms with van der Waals surface area (Å²) in [5.74, 6) is -0.780. The van der Waals surface area contributed by atoms with E-state index < -0.39 is 5.97 Å². The third kappa shape index (κ3) is 4.14. The summed E-state index contributed by atoms with van der Waals surface area (Å²) < 4.78 is 18.1. The van der Waals surface area contributed by atoms with Crippen molar-refractivity contribution in [3.8, 4) is 10.6 Å². The molecule has 0 aliphatic carbocycles. The maximum atomic E-state index is 12.9. The van der Waals surface area contributed by atoms with E-state index in [4.69, 9.17) is 4.74 Å². The molecule has 0 radical (unpaired) electrons. The Morgan fingerprint density at radius 1 is 1.12 bits per heavy atom. The Morgan fingerprint density at radius 2 is 1.88 bits per heavy atom. The number of carbonyl (C=O) groups excluding carboxylic acids is 1. The second-order valence-electron chi connectivity index (χ2n) is 4.96. The molecule has 2 aromatic carbocycles. The molecule has 1 heterocycles. The van der Waals surface area contributed by atoms with E-state index in [2.05, 4.69) is 4.98 Å². The lowest BCUT2D eigenvalue weighted by Crippen LogP contribution is -2.05. The number of rotatable bonds is 5. The van der Waals surface area contributed by atoms with Gasteiger partial charge in [-0.3, -0.25) is 0 Å². The zero-order valence-corrected chi connectivity index (χ0v) is 13.5. The maximum Gasteiger partial charge on any atom is 0.358 e.